The molecule has 2 amide bonds. The smallest absolute Gasteiger partial charge is 0.319 e. The van der Waals surface area contributed by atoms with Crippen molar-refractivity contribution >= 4 is 23.1 Å². The van der Waals surface area contributed by atoms with Crippen molar-refractivity contribution in [1.82, 2.24) is 10.3 Å². The number of carbonyl (C=O) groups is 1. The number of thiazole rings is 1. The molecule has 0 saturated heterocycles. The van der Waals surface area contributed by atoms with Crippen molar-refractivity contribution in [3.63, 3.8) is 0 Å². The van der Waals surface area contributed by atoms with Gasteiger partial charge >= 0.3 is 6.03 Å². The third kappa shape index (κ3) is 3.95. The Balaban J connectivity index is 2.10. The Hall–Kier alpha value is -2.22. The van der Waals surface area contributed by atoms with Gasteiger partial charge in [-0.15, -0.1) is 11.3 Å². The van der Waals surface area contributed by atoms with Gasteiger partial charge in [-0.05, 0) is 20.8 Å². The number of anilines is 1. The molecule has 0 aliphatic heterocycles. The molecule has 2 rings (SSSR count). The first kappa shape index (κ1) is 17.1. The first-order valence-electron chi connectivity index (χ1n) is 6.77. The highest BCUT2D eigenvalue weighted by atomic mass is 32.1. The van der Waals surface area contributed by atoms with Gasteiger partial charge in [-0.2, -0.15) is 0 Å². The van der Waals surface area contributed by atoms with E-state index < -0.39 is 29.0 Å². The van der Waals surface area contributed by atoms with Gasteiger partial charge in [0.05, 0.1) is 12.6 Å². The van der Waals surface area contributed by atoms with Gasteiger partial charge in [0, 0.05) is 28.9 Å². The molecule has 0 aliphatic rings. The van der Waals surface area contributed by atoms with E-state index in [0.717, 1.165) is 22.8 Å². The third-order valence-electron chi connectivity index (χ3n) is 3.04. The fourth-order valence-electron chi connectivity index (χ4n) is 1.97. The van der Waals surface area contributed by atoms with E-state index in [0.29, 0.717) is 0 Å². The van der Waals surface area contributed by atoms with Gasteiger partial charge in [-0.3, -0.25) is 0 Å². The van der Waals surface area contributed by atoms with Crippen LogP contribution in [0.1, 0.15) is 24.5 Å². The summed E-state index contributed by atoms with van der Waals surface area (Å²) in [7, 11) is 1.17. The van der Waals surface area contributed by atoms with Crippen molar-refractivity contribution in [2.75, 3.05) is 12.4 Å². The van der Waals surface area contributed by atoms with E-state index in [1.54, 1.807) is 13.8 Å². The van der Waals surface area contributed by atoms with Crippen LogP contribution in [-0.4, -0.2) is 18.1 Å². The van der Waals surface area contributed by atoms with Crippen molar-refractivity contribution in [3.05, 3.63) is 39.8 Å². The minimum atomic E-state index is -0.891. The number of methoxy groups -OCH3 is 1. The van der Waals surface area contributed by atoms with Gasteiger partial charge in [-0.1, -0.05) is 0 Å². The van der Waals surface area contributed by atoms with Gasteiger partial charge < -0.3 is 15.4 Å². The van der Waals surface area contributed by atoms with E-state index in [-0.39, 0.29) is 5.69 Å². The number of halogens is 2. The predicted octanol–water partition coefficient (Wildman–Crippen LogP) is 3.80. The topological polar surface area (TPSA) is 63.2 Å². The molecule has 1 heterocycles. The summed E-state index contributed by atoms with van der Waals surface area (Å²) in [5.41, 5.74) is 0.135. The van der Waals surface area contributed by atoms with Crippen molar-refractivity contribution in [2.24, 2.45) is 0 Å². The van der Waals surface area contributed by atoms with Crippen molar-refractivity contribution in [3.8, 4) is 5.75 Å². The fourth-order valence-corrected chi connectivity index (χ4v) is 2.84. The molecule has 1 aromatic carbocycles. The quantitative estimate of drug-likeness (QED) is 0.889. The summed E-state index contributed by atoms with van der Waals surface area (Å²) in [6, 6.07) is 1.39. The highest BCUT2D eigenvalue weighted by molar-refractivity contribution is 7.09. The zero-order valence-electron chi connectivity index (χ0n) is 13.2. The minimum Gasteiger partial charge on any atom is -0.491 e. The summed E-state index contributed by atoms with van der Waals surface area (Å²) in [6.45, 7) is 5.44. The van der Waals surface area contributed by atoms with Crippen LogP contribution in [0.4, 0.5) is 19.3 Å². The number of hydrogen-bond acceptors (Lipinski definition) is 4. The second-order valence-corrected chi connectivity index (χ2v) is 6.33. The van der Waals surface area contributed by atoms with E-state index in [1.807, 2.05) is 12.3 Å². The molecule has 124 valence electrons. The van der Waals surface area contributed by atoms with Crippen LogP contribution in [0.15, 0.2) is 17.5 Å². The molecular formula is C15H17F2N3O2S. The van der Waals surface area contributed by atoms with Crippen molar-refractivity contribution in [2.45, 2.75) is 26.3 Å². The second-order valence-electron chi connectivity index (χ2n) is 5.47. The Bertz CT molecular complexity index is 708. The lowest BCUT2D eigenvalue weighted by Gasteiger charge is -2.24. The number of ether oxygens (including phenoxy) is 1. The molecule has 2 N–H and O–H groups in total. The maximum Gasteiger partial charge on any atom is 0.319 e. The third-order valence-corrected chi connectivity index (χ3v) is 4.32. The Morgan fingerprint density at radius 3 is 2.39 bits per heavy atom. The average molecular weight is 341 g/mol. The normalized spacial score (nSPS) is 11.2. The summed E-state index contributed by atoms with van der Waals surface area (Å²) in [4.78, 5) is 16.4. The number of nitrogens with zero attached hydrogens (tertiary/aromatic N) is 1. The maximum absolute atomic E-state index is 13.6. The number of nitrogens with one attached hydrogen (secondary N) is 2. The monoisotopic (exact) mass is 341 g/mol. The highest BCUT2D eigenvalue weighted by Crippen LogP contribution is 2.26. The molecule has 5 nitrogen and oxygen atoms in total. The van der Waals surface area contributed by atoms with Crippen LogP contribution in [0.2, 0.25) is 0 Å². The first-order valence-corrected chi connectivity index (χ1v) is 7.65. The number of amides is 2. The zero-order valence-corrected chi connectivity index (χ0v) is 14.0. The summed E-state index contributed by atoms with van der Waals surface area (Å²) in [5, 5.41) is 7.74. The van der Waals surface area contributed by atoms with Gasteiger partial charge in [0.1, 0.15) is 5.01 Å². The first-order chi connectivity index (χ1) is 10.7. The number of urea groups is 1. The van der Waals surface area contributed by atoms with Gasteiger partial charge in [-0.25, -0.2) is 18.6 Å². The van der Waals surface area contributed by atoms with Crippen molar-refractivity contribution in [1.29, 1.82) is 0 Å². The van der Waals surface area contributed by atoms with Crippen LogP contribution in [-0.2, 0) is 5.54 Å². The summed E-state index contributed by atoms with van der Waals surface area (Å²) >= 11 is 1.42. The number of aryl methyl sites for hydroxylation is 1. The standard InChI is InChI=1S/C15H17F2N3O2S/c1-8-7-23-13(18-8)15(2,3)20-14(21)19-9-5-10(16)12(22-4)11(17)6-9/h5-7H,1-4H3,(H2,19,20,21). The zero-order chi connectivity index (χ0) is 17.2. The second kappa shape index (κ2) is 6.49. The Labute approximate surface area is 136 Å². The molecular weight excluding hydrogens is 324 g/mol. The number of carbonyl (C=O) groups excluding carboxylic acids is 1. The number of aromatic nitrogens is 1. The van der Waals surface area contributed by atoms with Crippen LogP contribution in [0.25, 0.3) is 0 Å². The van der Waals surface area contributed by atoms with Gasteiger partial charge in [0.2, 0.25) is 0 Å². The lowest BCUT2D eigenvalue weighted by Crippen LogP contribution is -2.43. The van der Waals surface area contributed by atoms with Crippen LogP contribution >= 0.6 is 11.3 Å². The molecule has 0 saturated carbocycles. The number of rotatable bonds is 4. The van der Waals surface area contributed by atoms with Crippen LogP contribution in [0, 0.1) is 18.6 Å². The maximum atomic E-state index is 13.6. The molecule has 0 spiro atoms. The molecule has 0 atom stereocenters. The molecule has 0 unspecified atom stereocenters. The van der Waals surface area contributed by atoms with Crippen LogP contribution in [0.5, 0.6) is 5.75 Å². The lowest BCUT2D eigenvalue weighted by molar-refractivity contribution is 0.241. The lowest BCUT2D eigenvalue weighted by atomic mass is 10.1. The largest absolute Gasteiger partial charge is 0.491 e. The summed E-state index contributed by atoms with van der Waals surface area (Å²) in [5.74, 6) is -2.27. The molecule has 1 aromatic heterocycles. The molecule has 0 aliphatic carbocycles. The molecule has 0 fully saturated rings. The summed E-state index contributed by atoms with van der Waals surface area (Å²) < 4.78 is 31.8. The van der Waals surface area contributed by atoms with E-state index >= 15 is 0 Å². The fraction of sp³-hybridized carbons (Fsp3) is 0.333. The number of hydrogen-bond donors (Lipinski definition) is 2. The average Bonchev–Trinajstić information content (AvgIpc) is 2.85. The molecule has 0 bridgehead atoms. The molecule has 8 heteroatoms. The summed E-state index contributed by atoms with van der Waals surface area (Å²) in [6.07, 6.45) is 0. The molecule has 2 aromatic rings. The van der Waals surface area contributed by atoms with Gasteiger partial charge in [0.15, 0.2) is 17.4 Å². The highest BCUT2D eigenvalue weighted by Gasteiger charge is 2.26. The van der Waals surface area contributed by atoms with E-state index in [9.17, 15) is 13.6 Å². The van der Waals surface area contributed by atoms with E-state index in [1.165, 1.54) is 18.4 Å². The van der Waals surface area contributed by atoms with Crippen LogP contribution < -0.4 is 15.4 Å². The molecule has 0 radical (unpaired) electrons. The van der Waals surface area contributed by atoms with E-state index in [4.69, 9.17) is 0 Å². The van der Waals surface area contributed by atoms with Crippen molar-refractivity contribution < 1.29 is 18.3 Å². The predicted molar refractivity (Wildman–Crippen MR) is 84.9 cm³/mol. The van der Waals surface area contributed by atoms with E-state index in [2.05, 4.69) is 20.4 Å². The van der Waals surface area contributed by atoms with Gasteiger partial charge in [0.25, 0.3) is 0 Å². The number of benzene rings is 1. The Morgan fingerprint density at radius 2 is 1.91 bits per heavy atom. The molecule has 23 heavy (non-hydrogen) atoms. The minimum absolute atomic E-state index is 0.00980. The Kier molecular flexibility index (Phi) is 4.84. The Morgan fingerprint density at radius 1 is 1.30 bits per heavy atom. The SMILES string of the molecule is COc1c(F)cc(NC(=O)NC(C)(C)c2nc(C)cs2)cc1F. The van der Waals surface area contributed by atoms with Crippen LogP contribution in [0.3, 0.4) is 0 Å².